The molecule has 0 unspecified atom stereocenters. The highest BCUT2D eigenvalue weighted by atomic mass is 79.9. The van der Waals surface area contributed by atoms with Gasteiger partial charge >= 0.3 is 17.6 Å². The first kappa shape index (κ1) is 22.2. The molecule has 4 aromatic rings. The third-order valence-electron chi connectivity index (χ3n) is 5.05. The Labute approximate surface area is 197 Å². The molecule has 1 aromatic heterocycles. The van der Waals surface area contributed by atoms with Crippen LogP contribution in [0.2, 0.25) is 5.02 Å². The molecule has 1 heterocycles. The predicted octanol–water partition coefficient (Wildman–Crippen LogP) is 6.26. The lowest BCUT2D eigenvalue weighted by Gasteiger charge is -2.17. The predicted molar refractivity (Wildman–Crippen MR) is 131 cm³/mol. The zero-order chi connectivity index (χ0) is 22.7. The summed E-state index contributed by atoms with van der Waals surface area (Å²) >= 11 is 9.56. The van der Waals surface area contributed by atoms with Gasteiger partial charge < -0.3 is 19.8 Å². The number of urea groups is 1. The highest BCUT2D eigenvalue weighted by Crippen LogP contribution is 2.32. The fourth-order valence-corrected chi connectivity index (χ4v) is 3.99. The number of hydrogen-bond acceptors (Lipinski definition) is 4. The van der Waals surface area contributed by atoms with Gasteiger partial charge in [0.05, 0.1) is 11.4 Å². The van der Waals surface area contributed by atoms with Gasteiger partial charge in [0.1, 0.15) is 11.6 Å². The normalized spacial score (nSPS) is 12.0. The minimum Gasteiger partial charge on any atom is -0.463 e. The lowest BCUT2D eigenvalue weighted by molar-refractivity contribution is 0.248. The van der Waals surface area contributed by atoms with Crippen molar-refractivity contribution in [2.45, 2.75) is 13.0 Å². The van der Waals surface area contributed by atoms with Gasteiger partial charge in [0.15, 0.2) is 0 Å². The Hall–Kier alpha value is -3.03. The summed E-state index contributed by atoms with van der Waals surface area (Å²) in [4.78, 5) is 25.0. The molecule has 2 amide bonds. The van der Waals surface area contributed by atoms with Gasteiger partial charge in [-0.25, -0.2) is 9.59 Å². The molecule has 0 aliphatic heterocycles. The molecule has 0 fully saturated rings. The zero-order valence-electron chi connectivity index (χ0n) is 17.2. The lowest BCUT2D eigenvalue weighted by atomic mass is 10.00. The van der Waals surface area contributed by atoms with Gasteiger partial charge in [-0.1, -0.05) is 76.1 Å². The smallest absolute Gasteiger partial charge is 0.346 e. The van der Waals surface area contributed by atoms with Crippen LogP contribution in [0.25, 0.3) is 21.5 Å². The SMILES string of the molecule is C[C@H](NC(=O)Nc1ccc2c(Cl)c(OCCBr)oc(=O)c2c1)c1cccc2ccccc12. The van der Waals surface area contributed by atoms with E-state index in [0.717, 1.165) is 16.3 Å². The number of amides is 2. The molecule has 2 N–H and O–H groups in total. The van der Waals surface area contributed by atoms with Crippen molar-refractivity contribution in [1.29, 1.82) is 0 Å². The maximum Gasteiger partial charge on any atom is 0.346 e. The number of carbonyl (C=O) groups excluding carboxylic acids is 1. The number of nitrogens with one attached hydrogen (secondary N) is 2. The van der Waals surface area contributed by atoms with E-state index < -0.39 is 11.7 Å². The fraction of sp³-hybridized carbons (Fsp3) is 0.167. The van der Waals surface area contributed by atoms with Crippen molar-refractivity contribution in [3.8, 4) is 5.95 Å². The summed E-state index contributed by atoms with van der Waals surface area (Å²) in [7, 11) is 0. The van der Waals surface area contributed by atoms with E-state index in [9.17, 15) is 9.59 Å². The molecule has 0 saturated carbocycles. The van der Waals surface area contributed by atoms with Crippen LogP contribution in [0.3, 0.4) is 0 Å². The molecule has 0 bridgehead atoms. The van der Waals surface area contributed by atoms with Crippen molar-refractivity contribution < 1.29 is 13.9 Å². The molecule has 6 nitrogen and oxygen atoms in total. The molecule has 8 heteroatoms. The first-order chi connectivity index (χ1) is 15.5. The molecule has 0 aliphatic rings. The molecule has 0 radical (unpaired) electrons. The summed E-state index contributed by atoms with van der Waals surface area (Å²) in [5.74, 6) is -0.0222. The maximum absolute atomic E-state index is 12.6. The molecule has 0 aliphatic carbocycles. The van der Waals surface area contributed by atoms with E-state index in [-0.39, 0.29) is 22.4 Å². The van der Waals surface area contributed by atoms with Crippen molar-refractivity contribution in [3.05, 3.63) is 81.7 Å². The van der Waals surface area contributed by atoms with Crippen LogP contribution in [0.1, 0.15) is 18.5 Å². The Kier molecular flexibility index (Phi) is 6.67. The minimum absolute atomic E-state index is 0.0222. The van der Waals surface area contributed by atoms with Crippen molar-refractivity contribution >= 4 is 60.8 Å². The molecule has 0 spiro atoms. The van der Waals surface area contributed by atoms with Crippen molar-refractivity contribution in [3.63, 3.8) is 0 Å². The van der Waals surface area contributed by atoms with Crippen molar-refractivity contribution in [2.75, 3.05) is 17.3 Å². The lowest BCUT2D eigenvalue weighted by Crippen LogP contribution is -2.31. The van der Waals surface area contributed by atoms with E-state index in [0.29, 0.717) is 23.0 Å². The fourth-order valence-electron chi connectivity index (χ4n) is 3.57. The summed E-state index contributed by atoms with van der Waals surface area (Å²) < 4.78 is 10.5. The maximum atomic E-state index is 12.6. The molecule has 3 aromatic carbocycles. The number of alkyl halides is 1. The Bertz CT molecular complexity index is 1350. The monoisotopic (exact) mass is 514 g/mol. The van der Waals surface area contributed by atoms with E-state index in [1.807, 2.05) is 49.4 Å². The van der Waals surface area contributed by atoms with Crippen LogP contribution >= 0.6 is 27.5 Å². The van der Waals surface area contributed by atoms with Gasteiger partial charge in [0.2, 0.25) is 0 Å². The number of ether oxygens (including phenoxy) is 1. The topological polar surface area (TPSA) is 80.6 Å². The van der Waals surface area contributed by atoms with Gasteiger partial charge in [-0.15, -0.1) is 0 Å². The molecular formula is C24H20BrClN2O4. The molecular weight excluding hydrogens is 496 g/mol. The summed E-state index contributed by atoms with van der Waals surface area (Å²) in [5, 5.41) is 9.42. The second-order valence-electron chi connectivity index (χ2n) is 7.18. The van der Waals surface area contributed by atoms with Crippen LogP contribution in [0.15, 0.2) is 69.9 Å². The van der Waals surface area contributed by atoms with Gasteiger partial charge in [-0.3, -0.25) is 0 Å². The van der Waals surface area contributed by atoms with Gasteiger partial charge in [0, 0.05) is 16.4 Å². The van der Waals surface area contributed by atoms with Crippen LogP contribution in [0.5, 0.6) is 5.95 Å². The number of halogens is 2. The van der Waals surface area contributed by atoms with Crippen LogP contribution in [0, 0.1) is 0 Å². The minimum atomic E-state index is -0.595. The highest BCUT2D eigenvalue weighted by molar-refractivity contribution is 9.09. The second-order valence-corrected chi connectivity index (χ2v) is 8.35. The Balaban J connectivity index is 1.53. The average Bonchev–Trinajstić information content (AvgIpc) is 2.80. The Morgan fingerprint density at radius 2 is 1.88 bits per heavy atom. The van der Waals surface area contributed by atoms with E-state index in [1.54, 1.807) is 12.1 Å². The summed E-state index contributed by atoms with van der Waals surface area (Å²) in [6.45, 7) is 2.23. The molecule has 164 valence electrons. The second kappa shape index (κ2) is 9.63. The van der Waals surface area contributed by atoms with Crippen LogP contribution in [0.4, 0.5) is 10.5 Å². The summed E-state index contributed by atoms with van der Waals surface area (Å²) in [6, 6.07) is 18.3. The number of carbonyl (C=O) groups is 1. The van der Waals surface area contributed by atoms with E-state index in [2.05, 4.69) is 26.6 Å². The Morgan fingerprint density at radius 1 is 1.09 bits per heavy atom. The van der Waals surface area contributed by atoms with E-state index in [4.69, 9.17) is 20.8 Å². The molecule has 0 saturated heterocycles. The first-order valence-corrected chi connectivity index (χ1v) is 11.5. The van der Waals surface area contributed by atoms with Crippen LogP contribution in [-0.4, -0.2) is 18.0 Å². The van der Waals surface area contributed by atoms with E-state index in [1.165, 1.54) is 6.07 Å². The van der Waals surface area contributed by atoms with Crippen molar-refractivity contribution in [1.82, 2.24) is 5.32 Å². The number of fused-ring (bicyclic) bond motifs is 2. The van der Waals surface area contributed by atoms with Gasteiger partial charge in [-0.05, 0) is 35.4 Å². The first-order valence-electron chi connectivity index (χ1n) is 9.98. The van der Waals surface area contributed by atoms with Gasteiger partial charge in [0.25, 0.3) is 0 Å². The third kappa shape index (κ3) is 4.59. The number of anilines is 1. The summed E-state index contributed by atoms with van der Waals surface area (Å²) in [6.07, 6.45) is 0. The molecule has 1 atom stereocenters. The Morgan fingerprint density at radius 3 is 2.69 bits per heavy atom. The summed E-state index contributed by atoms with van der Waals surface area (Å²) in [5.41, 5.74) is 0.861. The van der Waals surface area contributed by atoms with Gasteiger partial charge in [-0.2, -0.15) is 0 Å². The van der Waals surface area contributed by atoms with E-state index >= 15 is 0 Å². The quantitative estimate of drug-likeness (QED) is 0.297. The van der Waals surface area contributed by atoms with Crippen molar-refractivity contribution in [2.24, 2.45) is 0 Å². The number of hydrogen-bond donors (Lipinski definition) is 2. The zero-order valence-corrected chi connectivity index (χ0v) is 19.5. The number of rotatable bonds is 6. The largest absolute Gasteiger partial charge is 0.463 e. The number of benzene rings is 3. The molecule has 4 rings (SSSR count). The standard InChI is InChI=1S/C24H20BrClN2O4/c1-14(17-8-4-6-15-5-2-3-7-18(15)17)27-24(30)28-16-9-10-19-20(13-16)22(29)32-23(21(19)26)31-12-11-25/h2-10,13-14H,11-12H2,1H3,(H2,27,28,30)/t14-/m0/s1. The average molecular weight is 516 g/mol. The molecule has 32 heavy (non-hydrogen) atoms. The third-order valence-corrected chi connectivity index (χ3v) is 5.73. The highest BCUT2D eigenvalue weighted by Gasteiger charge is 2.16. The van der Waals surface area contributed by atoms with Crippen LogP contribution in [-0.2, 0) is 0 Å². The van der Waals surface area contributed by atoms with Crippen LogP contribution < -0.4 is 21.0 Å².